The molecule has 0 saturated carbocycles. The van der Waals surface area contributed by atoms with Gasteiger partial charge in [0.2, 0.25) is 0 Å². The minimum absolute atomic E-state index is 0.222. The van der Waals surface area contributed by atoms with Crippen molar-refractivity contribution < 1.29 is 24.1 Å². The summed E-state index contributed by atoms with van der Waals surface area (Å²) in [6.07, 6.45) is 0. The molecule has 0 amide bonds. The molecule has 0 N–H and O–H groups in total. The second kappa shape index (κ2) is 7.43. The van der Waals surface area contributed by atoms with Crippen molar-refractivity contribution in [1.82, 2.24) is 0 Å². The fourth-order valence-corrected chi connectivity index (χ4v) is 1.42. The molecular formula is C10H7Cl3N2O7. The number of benzene rings is 1. The molecule has 12 heteroatoms. The minimum atomic E-state index is -2.24. The van der Waals surface area contributed by atoms with Gasteiger partial charge in [0.1, 0.15) is 13.2 Å². The first kappa shape index (κ1) is 18.2. The molecule has 9 nitrogen and oxygen atoms in total. The smallest absolute Gasteiger partial charge is 0.358 e. The van der Waals surface area contributed by atoms with E-state index in [0.717, 1.165) is 18.2 Å². The van der Waals surface area contributed by atoms with E-state index < -0.39 is 31.0 Å². The SMILES string of the molecule is O=C(OCCOc1ccc([N+](=O)[O-])cc1[N+](=O)[O-])C(Cl)(Cl)Cl. The monoisotopic (exact) mass is 372 g/mol. The van der Waals surface area contributed by atoms with Crippen LogP contribution in [0.3, 0.4) is 0 Å². The first-order chi connectivity index (χ1) is 10.1. The molecule has 0 aliphatic rings. The predicted octanol–water partition coefficient (Wildman–Crippen LogP) is 2.80. The highest BCUT2D eigenvalue weighted by molar-refractivity contribution is 6.75. The lowest BCUT2D eigenvalue weighted by molar-refractivity contribution is -0.394. The van der Waals surface area contributed by atoms with Gasteiger partial charge < -0.3 is 9.47 Å². The van der Waals surface area contributed by atoms with Crippen molar-refractivity contribution in [1.29, 1.82) is 0 Å². The van der Waals surface area contributed by atoms with Crippen LogP contribution in [-0.2, 0) is 9.53 Å². The minimum Gasteiger partial charge on any atom is -0.483 e. The Balaban J connectivity index is 2.68. The van der Waals surface area contributed by atoms with E-state index in [9.17, 15) is 25.0 Å². The second-order valence-corrected chi connectivity index (χ2v) is 5.93. The van der Waals surface area contributed by atoms with Gasteiger partial charge in [0.15, 0.2) is 5.75 Å². The zero-order valence-electron chi connectivity index (χ0n) is 10.5. The molecule has 0 aliphatic carbocycles. The van der Waals surface area contributed by atoms with Gasteiger partial charge in [-0.3, -0.25) is 20.2 Å². The summed E-state index contributed by atoms with van der Waals surface area (Å²) < 4.78 is 7.34. The molecular weight excluding hydrogens is 366 g/mol. The number of alkyl halides is 3. The summed E-state index contributed by atoms with van der Waals surface area (Å²) in [6, 6.07) is 2.85. The van der Waals surface area contributed by atoms with Crippen LogP contribution in [0, 0.1) is 20.2 Å². The van der Waals surface area contributed by atoms with Crippen molar-refractivity contribution in [3.05, 3.63) is 38.4 Å². The third-order valence-corrected chi connectivity index (χ3v) is 2.62. The Morgan fingerprint density at radius 2 is 1.77 bits per heavy atom. The summed E-state index contributed by atoms with van der Waals surface area (Å²) in [5.74, 6) is -1.35. The summed E-state index contributed by atoms with van der Waals surface area (Å²) in [7, 11) is 0. The zero-order valence-corrected chi connectivity index (χ0v) is 12.8. The third-order valence-electron chi connectivity index (χ3n) is 2.16. The number of nitro groups is 2. The van der Waals surface area contributed by atoms with Crippen LogP contribution in [0.2, 0.25) is 0 Å². The van der Waals surface area contributed by atoms with E-state index in [0.29, 0.717) is 0 Å². The molecule has 0 aromatic heterocycles. The van der Waals surface area contributed by atoms with Gasteiger partial charge in [0.25, 0.3) is 9.48 Å². The number of carbonyl (C=O) groups is 1. The van der Waals surface area contributed by atoms with E-state index in [-0.39, 0.29) is 19.0 Å². The number of nitro benzene ring substituents is 2. The van der Waals surface area contributed by atoms with Crippen LogP contribution in [0.4, 0.5) is 11.4 Å². The fraction of sp³-hybridized carbons (Fsp3) is 0.300. The molecule has 0 radical (unpaired) electrons. The lowest BCUT2D eigenvalue weighted by Crippen LogP contribution is -2.24. The molecule has 1 rings (SSSR count). The highest BCUT2D eigenvalue weighted by Gasteiger charge is 2.32. The number of carbonyl (C=O) groups excluding carboxylic acids is 1. The van der Waals surface area contributed by atoms with Gasteiger partial charge in [0, 0.05) is 6.07 Å². The van der Waals surface area contributed by atoms with Gasteiger partial charge in [0.05, 0.1) is 15.9 Å². The number of ether oxygens (including phenoxy) is 2. The maximum atomic E-state index is 11.1. The second-order valence-electron chi connectivity index (χ2n) is 3.65. The van der Waals surface area contributed by atoms with E-state index in [1.54, 1.807) is 0 Å². The summed E-state index contributed by atoms with van der Waals surface area (Å²) in [6.45, 7) is -0.605. The Labute approximate surface area is 137 Å². The van der Waals surface area contributed by atoms with Crippen molar-refractivity contribution in [3.63, 3.8) is 0 Å². The van der Waals surface area contributed by atoms with Crippen molar-refractivity contribution in [2.75, 3.05) is 13.2 Å². The molecule has 0 bridgehead atoms. The van der Waals surface area contributed by atoms with Gasteiger partial charge in [-0.2, -0.15) is 0 Å². The van der Waals surface area contributed by atoms with Gasteiger partial charge in [-0.1, -0.05) is 34.8 Å². The molecule has 0 saturated heterocycles. The molecule has 1 aromatic carbocycles. The Hall–Kier alpha value is -1.84. The van der Waals surface area contributed by atoms with Gasteiger partial charge in [-0.15, -0.1) is 0 Å². The van der Waals surface area contributed by atoms with Crippen LogP contribution in [0.1, 0.15) is 0 Å². The first-order valence-electron chi connectivity index (χ1n) is 5.42. The molecule has 0 spiro atoms. The Bertz CT molecular complexity index is 603. The lowest BCUT2D eigenvalue weighted by Gasteiger charge is -2.11. The fourth-order valence-electron chi connectivity index (χ4n) is 1.25. The largest absolute Gasteiger partial charge is 0.483 e. The Morgan fingerprint density at radius 1 is 1.14 bits per heavy atom. The number of hydrogen-bond donors (Lipinski definition) is 0. The summed E-state index contributed by atoms with van der Waals surface area (Å²) >= 11 is 15.8. The molecule has 0 atom stereocenters. The van der Waals surface area contributed by atoms with E-state index in [1.807, 2.05) is 0 Å². The topological polar surface area (TPSA) is 122 Å². The number of non-ortho nitro benzene ring substituents is 1. The van der Waals surface area contributed by atoms with Crippen LogP contribution >= 0.6 is 34.8 Å². The van der Waals surface area contributed by atoms with Gasteiger partial charge in [-0.05, 0) is 6.07 Å². The third kappa shape index (κ3) is 5.17. The van der Waals surface area contributed by atoms with E-state index in [1.165, 1.54) is 0 Å². The maximum absolute atomic E-state index is 11.1. The van der Waals surface area contributed by atoms with E-state index >= 15 is 0 Å². The quantitative estimate of drug-likeness (QED) is 0.247. The molecule has 1 aromatic rings. The summed E-state index contributed by atoms with van der Waals surface area (Å²) in [4.78, 5) is 30.9. The molecule has 0 fully saturated rings. The van der Waals surface area contributed by atoms with Gasteiger partial charge in [-0.25, -0.2) is 4.79 Å². The summed E-state index contributed by atoms with van der Waals surface area (Å²) in [5, 5.41) is 21.4. The van der Waals surface area contributed by atoms with Crippen LogP contribution < -0.4 is 4.74 Å². The lowest BCUT2D eigenvalue weighted by atomic mass is 10.2. The van der Waals surface area contributed by atoms with E-state index in [2.05, 4.69) is 4.74 Å². The molecule has 0 aliphatic heterocycles. The molecule has 22 heavy (non-hydrogen) atoms. The highest BCUT2D eigenvalue weighted by Crippen LogP contribution is 2.31. The maximum Gasteiger partial charge on any atom is 0.358 e. The predicted molar refractivity (Wildman–Crippen MR) is 76.5 cm³/mol. The zero-order chi connectivity index (χ0) is 16.9. The molecule has 0 heterocycles. The number of rotatable bonds is 6. The first-order valence-corrected chi connectivity index (χ1v) is 6.56. The average molecular weight is 374 g/mol. The van der Waals surface area contributed by atoms with Crippen molar-refractivity contribution in [2.45, 2.75) is 3.79 Å². The summed E-state index contributed by atoms with van der Waals surface area (Å²) in [5.41, 5.74) is -1.05. The average Bonchev–Trinajstić information content (AvgIpc) is 2.41. The Kier molecular flexibility index (Phi) is 6.15. The van der Waals surface area contributed by atoms with Gasteiger partial charge >= 0.3 is 11.7 Å². The number of nitrogens with zero attached hydrogens (tertiary/aromatic N) is 2. The number of halogens is 3. The number of esters is 1. The van der Waals surface area contributed by atoms with Crippen LogP contribution in [-0.4, -0.2) is 32.8 Å². The van der Waals surface area contributed by atoms with Crippen LogP contribution in [0.25, 0.3) is 0 Å². The van der Waals surface area contributed by atoms with E-state index in [4.69, 9.17) is 39.5 Å². The van der Waals surface area contributed by atoms with Crippen molar-refractivity contribution in [2.24, 2.45) is 0 Å². The number of hydrogen-bond acceptors (Lipinski definition) is 7. The van der Waals surface area contributed by atoms with Crippen LogP contribution in [0.5, 0.6) is 5.75 Å². The van der Waals surface area contributed by atoms with Crippen LogP contribution in [0.15, 0.2) is 18.2 Å². The van der Waals surface area contributed by atoms with Crippen molar-refractivity contribution in [3.8, 4) is 5.75 Å². The standard InChI is InChI=1S/C10H7Cl3N2O7/c11-10(12,13)9(16)22-4-3-21-8-2-1-6(14(17)18)5-7(8)15(19)20/h1-2,5H,3-4H2. The molecule has 120 valence electrons. The molecule has 0 unspecified atom stereocenters. The highest BCUT2D eigenvalue weighted by atomic mass is 35.6. The Morgan fingerprint density at radius 3 is 2.27 bits per heavy atom. The normalized spacial score (nSPS) is 10.9. The van der Waals surface area contributed by atoms with Crippen molar-refractivity contribution >= 4 is 52.1 Å².